The molecule has 0 aromatic heterocycles. The second kappa shape index (κ2) is 15.5. The van der Waals surface area contributed by atoms with Crippen LogP contribution in [0.25, 0.3) is 0 Å². The van der Waals surface area contributed by atoms with Crippen molar-refractivity contribution < 1.29 is 23.6 Å². The molecule has 0 spiro atoms. The van der Waals surface area contributed by atoms with Gasteiger partial charge in [0, 0.05) is 31.1 Å². The van der Waals surface area contributed by atoms with E-state index in [1.807, 2.05) is 0 Å². The third-order valence-corrected chi connectivity index (χ3v) is 12.6. The van der Waals surface area contributed by atoms with Crippen molar-refractivity contribution in [2.75, 3.05) is 20.8 Å². The highest BCUT2D eigenvalue weighted by Gasteiger charge is 2.62. The average Bonchev–Trinajstić information content (AvgIpc) is 3.35. The Morgan fingerprint density at radius 3 is 2.32 bits per heavy atom. The van der Waals surface area contributed by atoms with Gasteiger partial charge in [0.1, 0.15) is 5.82 Å². The number of halogens is 1. The molecule has 4 saturated carbocycles. The lowest BCUT2D eigenvalue weighted by molar-refractivity contribution is -0.152. The molecule has 0 bridgehead atoms. The topological polar surface area (TPSA) is 78.8 Å². The quantitative estimate of drug-likeness (QED) is 0.165. The molecule has 41 heavy (non-hydrogen) atoms. The number of benzene rings is 1. The summed E-state index contributed by atoms with van der Waals surface area (Å²) >= 11 is 1.38. The van der Waals surface area contributed by atoms with Crippen molar-refractivity contribution in [2.24, 2.45) is 52.3 Å². The molecule has 7 heteroatoms. The number of fused-ring (bicyclic) bond motifs is 5. The van der Waals surface area contributed by atoms with Crippen LogP contribution in [0.4, 0.5) is 4.39 Å². The maximum absolute atomic E-state index is 13.1. The summed E-state index contributed by atoms with van der Waals surface area (Å²) in [7, 11) is 2.56. The summed E-state index contributed by atoms with van der Waals surface area (Å²) < 4.78 is 19.1. The van der Waals surface area contributed by atoms with E-state index in [1.165, 1.54) is 69.1 Å². The molecule has 4 aliphatic carbocycles. The first-order valence-corrected chi connectivity index (χ1v) is 16.7. The van der Waals surface area contributed by atoms with Crippen LogP contribution in [0.3, 0.4) is 0 Å². The minimum atomic E-state index is -0.199. The first-order chi connectivity index (χ1) is 19.7. The highest BCUT2D eigenvalue weighted by atomic mass is 32.2. The smallest absolute Gasteiger partial charge is 0.206 e. The lowest BCUT2D eigenvalue weighted by Crippen LogP contribution is -2.56. The molecule has 5 unspecified atom stereocenters. The van der Waals surface area contributed by atoms with Crippen molar-refractivity contribution in [3.8, 4) is 0 Å². The molecule has 4 aliphatic rings. The van der Waals surface area contributed by atoms with Gasteiger partial charge < -0.3 is 19.7 Å². The Balaban J connectivity index is 0.000000710. The Morgan fingerprint density at radius 1 is 1.05 bits per heavy atom. The van der Waals surface area contributed by atoms with E-state index in [0.717, 1.165) is 73.4 Å². The lowest BCUT2D eigenvalue weighted by Gasteiger charge is -2.63. The summed E-state index contributed by atoms with van der Waals surface area (Å²) in [5.41, 5.74) is 0.916. The SMILES string of the molecule is CC[C@H]1CC2C3CC[C@H]([C@H](C)CCOSc4ccc(F)cc4)C3(C)CC[C@@H]2C2(C)CC[C@@H](O)CC12.CNC=O.CO. The molecule has 3 N–H and O–H groups in total. The number of hydrogen-bond donors (Lipinski definition) is 3. The summed E-state index contributed by atoms with van der Waals surface area (Å²) in [5, 5.41) is 19.7. The zero-order chi connectivity index (χ0) is 30.2. The van der Waals surface area contributed by atoms with Crippen LogP contribution in [0.15, 0.2) is 29.2 Å². The average molecular weight is 594 g/mol. The molecule has 1 aromatic rings. The minimum Gasteiger partial charge on any atom is -0.400 e. The van der Waals surface area contributed by atoms with Gasteiger partial charge in [-0.05, 0) is 134 Å². The molecule has 5 rings (SSSR count). The highest BCUT2D eigenvalue weighted by molar-refractivity contribution is 7.94. The van der Waals surface area contributed by atoms with Gasteiger partial charge in [-0.3, -0.25) is 4.79 Å². The summed E-state index contributed by atoms with van der Waals surface area (Å²) in [4.78, 5) is 10.0. The molecule has 0 saturated heterocycles. The molecule has 0 radical (unpaired) electrons. The van der Waals surface area contributed by atoms with Crippen molar-refractivity contribution in [3.05, 3.63) is 30.1 Å². The van der Waals surface area contributed by atoms with Crippen LogP contribution in [0.1, 0.15) is 91.9 Å². The molecule has 234 valence electrons. The van der Waals surface area contributed by atoms with Crippen molar-refractivity contribution in [1.29, 1.82) is 0 Å². The Kier molecular flexibility index (Phi) is 13.0. The van der Waals surface area contributed by atoms with Crippen LogP contribution < -0.4 is 5.32 Å². The van der Waals surface area contributed by atoms with Gasteiger partial charge in [-0.1, -0.05) is 34.1 Å². The molecule has 0 aliphatic heterocycles. The maximum Gasteiger partial charge on any atom is 0.206 e. The predicted octanol–water partition coefficient (Wildman–Crippen LogP) is 7.50. The van der Waals surface area contributed by atoms with E-state index in [4.69, 9.17) is 14.1 Å². The number of aliphatic hydroxyl groups excluding tert-OH is 2. The number of amides is 1. The minimum absolute atomic E-state index is 0.0623. The van der Waals surface area contributed by atoms with E-state index in [2.05, 4.69) is 33.0 Å². The van der Waals surface area contributed by atoms with E-state index in [-0.39, 0.29) is 11.9 Å². The van der Waals surface area contributed by atoms with Crippen molar-refractivity contribution in [3.63, 3.8) is 0 Å². The summed E-state index contributed by atoms with van der Waals surface area (Å²) in [6, 6.07) is 6.57. The third-order valence-electron chi connectivity index (χ3n) is 11.8. The predicted molar refractivity (Wildman–Crippen MR) is 166 cm³/mol. The molecule has 1 aromatic carbocycles. The fourth-order valence-corrected chi connectivity index (χ4v) is 10.5. The maximum atomic E-state index is 13.1. The Bertz CT molecular complexity index is 934. The number of aliphatic hydroxyl groups is 2. The zero-order valence-corrected chi connectivity index (χ0v) is 27.1. The van der Waals surface area contributed by atoms with Crippen LogP contribution in [0, 0.1) is 58.1 Å². The molecular formula is C34H56FNO4S. The Labute approximate surface area is 253 Å². The van der Waals surface area contributed by atoms with Gasteiger partial charge in [0.2, 0.25) is 6.41 Å². The van der Waals surface area contributed by atoms with Gasteiger partial charge >= 0.3 is 0 Å². The van der Waals surface area contributed by atoms with Crippen LogP contribution in [0.2, 0.25) is 0 Å². The third kappa shape index (κ3) is 7.50. The van der Waals surface area contributed by atoms with Gasteiger partial charge in [-0.2, -0.15) is 0 Å². The molecule has 5 nitrogen and oxygen atoms in total. The standard InChI is InChI=1S/C31H47FO2S.C2H5NO.CH4O/c1-5-21-18-25-27-11-10-26(20(2)14-17-34-35-24-8-6-22(32)7-9-24)30(27,3)16-13-28(25)31(4)15-12-23(33)19-29(21)31;1-3-2-4;1-2/h6-9,20-21,23,25-29,33H,5,10-19H2,1-4H3;2H,1H3,(H,3,4);2H,1H3/t20-,21+,23-,25?,26-,27?,28+,29?,30?,31?;;/m1../s1. The van der Waals surface area contributed by atoms with E-state index in [0.29, 0.717) is 23.2 Å². The molecule has 4 fully saturated rings. The van der Waals surface area contributed by atoms with Crippen molar-refractivity contribution in [2.45, 2.75) is 103 Å². The highest BCUT2D eigenvalue weighted by Crippen LogP contribution is 2.69. The lowest BCUT2D eigenvalue weighted by atomic mass is 9.42. The molecular weight excluding hydrogens is 537 g/mol. The second-order valence-electron chi connectivity index (χ2n) is 13.6. The van der Waals surface area contributed by atoms with Crippen LogP contribution in [-0.2, 0) is 8.98 Å². The van der Waals surface area contributed by atoms with Crippen LogP contribution in [-0.4, -0.2) is 43.5 Å². The first kappa shape index (κ1) is 34.3. The normalized spacial score (nSPS) is 38.0. The van der Waals surface area contributed by atoms with Crippen LogP contribution >= 0.6 is 12.0 Å². The zero-order valence-electron chi connectivity index (χ0n) is 26.3. The second-order valence-corrected chi connectivity index (χ2v) is 14.5. The number of carbonyl (C=O) groups is 1. The van der Waals surface area contributed by atoms with Gasteiger partial charge in [0.15, 0.2) is 0 Å². The molecule has 10 atom stereocenters. The van der Waals surface area contributed by atoms with Crippen molar-refractivity contribution >= 4 is 18.5 Å². The van der Waals surface area contributed by atoms with E-state index in [1.54, 1.807) is 19.2 Å². The van der Waals surface area contributed by atoms with Gasteiger partial charge in [0.05, 0.1) is 12.7 Å². The fourth-order valence-electron chi connectivity index (χ4n) is 9.94. The monoisotopic (exact) mass is 593 g/mol. The van der Waals surface area contributed by atoms with Crippen LogP contribution in [0.5, 0.6) is 0 Å². The Morgan fingerprint density at radius 2 is 1.68 bits per heavy atom. The number of hydrogen-bond acceptors (Lipinski definition) is 5. The van der Waals surface area contributed by atoms with Gasteiger partial charge in [-0.25, -0.2) is 4.39 Å². The van der Waals surface area contributed by atoms with E-state index < -0.39 is 0 Å². The summed E-state index contributed by atoms with van der Waals surface area (Å²) in [5.74, 6) is 5.43. The summed E-state index contributed by atoms with van der Waals surface area (Å²) in [6.45, 7) is 10.9. The number of nitrogens with one attached hydrogen (secondary N) is 1. The van der Waals surface area contributed by atoms with Gasteiger partial charge in [-0.15, -0.1) is 0 Å². The van der Waals surface area contributed by atoms with Crippen molar-refractivity contribution in [1.82, 2.24) is 5.32 Å². The van der Waals surface area contributed by atoms with E-state index >= 15 is 0 Å². The number of carbonyl (C=O) groups excluding carboxylic acids is 1. The summed E-state index contributed by atoms with van der Waals surface area (Å²) in [6.07, 6.45) is 13.2. The van der Waals surface area contributed by atoms with Gasteiger partial charge in [0.25, 0.3) is 0 Å². The Hall–Kier alpha value is -1.15. The molecule has 0 heterocycles. The fraction of sp³-hybridized carbons (Fsp3) is 0.794. The number of rotatable bonds is 8. The molecule has 1 amide bonds. The largest absolute Gasteiger partial charge is 0.400 e. The first-order valence-electron chi connectivity index (χ1n) is 16.0. The van der Waals surface area contributed by atoms with E-state index in [9.17, 15) is 9.50 Å².